The molecule has 2 aliphatic rings. The molecule has 2 rings (SSSR count). The van der Waals surface area contributed by atoms with Gasteiger partial charge in [0, 0.05) is 37.2 Å². The van der Waals surface area contributed by atoms with Crippen molar-refractivity contribution in [2.45, 2.75) is 36.6 Å². The molecule has 21 heavy (non-hydrogen) atoms. The first-order chi connectivity index (χ1) is 10.2. The molecule has 2 saturated heterocycles. The van der Waals surface area contributed by atoms with Gasteiger partial charge in [0.25, 0.3) is 0 Å². The van der Waals surface area contributed by atoms with Gasteiger partial charge in [-0.1, -0.05) is 0 Å². The summed E-state index contributed by atoms with van der Waals surface area (Å²) in [5.41, 5.74) is 5.36. The zero-order valence-corrected chi connectivity index (χ0v) is 12.9. The van der Waals surface area contributed by atoms with Crippen LogP contribution in [0.2, 0.25) is 0 Å². The van der Waals surface area contributed by atoms with Crippen LogP contribution in [0.15, 0.2) is 0 Å². The van der Waals surface area contributed by atoms with E-state index in [0.29, 0.717) is 32.7 Å². The predicted molar refractivity (Wildman–Crippen MR) is 82.2 cm³/mol. The number of urea groups is 1. The molecule has 0 aromatic carbocycles. The maximum Gasteiger partial charge on any atom is 0.315 e. The van der Waals surface area contributed by atoms with Crippen LogP contribution in [0, 0.1) is 0 Å². The fraction of sp³-hybridized carbons (Fsp3) is 0.846. The Balaban J connectivity index is 1.54. The molecule has 0 spiro atoms. The van der Waals surface area contributed by atoms with Gasteiger partial charge >= 0.3 is 6.03 Å². The van der Waals surface area contributed by atoms with Gasteiger partial charge in [0.05, 0.1) is 12.1 Å². The van der Waals surface area contributed by atoms with Crippen LogP contribution in [0.25, 0.3) is 0 Å². The van der Waals surface area contributed by atoms with E-state index >= 15 is 0 Å². The van der Waals surface area contributed by atoms with Gasteiger partial charge in [0.2, 0.25) is 5.91 Å². The van der Waals surface area contributed by atoms with Crippen LogP contribution in [-0.4, -0.2) is 61.3 Å². The summed E-state index contributed by atoms with van der Waals surface area (Å²) in [6, 6.07) is 0.120. The molecule has 7 nitrogen and oxygen atoms in total. The highest BCUT2D eigenvalue weighted by Crippen LogP contribution is 2.31. The summed E-state index contributed by atoms with van der Waals surface area (Å²) in [6.45, 7) is 2.59. The molecule has 0 aromatic heterocycles. The fourth-order valence-corrected chi connectivity index (χ4v) is 3.99. The zero-order valence-electron chi connectivity index (χ0n) is 12.1. The summed E-state index contributed by atoms with van der Waals surface area (Å²) in [7, 11) is 0. The molecule has 3 atom stereocenters. The Kier molecular flexibility index (Phi) is 6.59. The standard InChI is InChI=1S/C13H24N4O3S/c14-3-1-5-20-6-2-4-15-11(18)7-10-12-9(8-21-10)16-13(19)17-12/h9-10,12H,1-8,14H2,(H,15,18)(H2,16,17,19)/t9-,10-,12-/m0/s1. The van der Waals surface area contributed by atoms with Crippen molar-refractivity contribution in [3.63, 3.8) is 0 Å². The van der Waals surface area contributed by atoms with E-state index in [4.69, 9.17) is 10.5 Å². The van der Waals surface area contributed by atoms with Crippen molar-refractivity contribution < 1.29 is 14.3 Å². The lowest BCUT2D eigenvalue weighted by molar-refractivity contribution is -0.121. The molecule has 2 heterocycles. The van der Waals surface area contributed by atoms with Gasteiger partial charge in [-0.2, -0.15) is 11.8 Å². The quantitative estimate of drug-likeness (QED) is 0.336. The molecule has 0 radical (unpaired) electrons. The van der Waals surface area contributed by atoms with Gasteiger partial charge < -0.3 is 26.4 Å². The highest BCUT2D eigenvalue weighted by atomic mass is 32.2. The van der Waals surface area contributed by atoms with Crippen LogP contribution in [0.1, 0.15) is 19.3 Å². The minimum atomic E-state index is -0.120. The third-order valence-electron chi connectivity index (χ3n) is 3.61. The summed E-state index contributed by atoms with van der Waals surface area (Å²) < 4.78 is 5.37. The van der Waals surface area contributed by atoms with Crippen LogP contribution in [0.5, 0.6) is 0 Å². The van der Waals surface area contributed by atoms with E-state index in [2.05, 4.69) is 16.0 Å². The van der Waals surface area contributed by atoms with E-state index in [1.54, 1.807) is 11.8 Å². The summed E-state index contributed by atoms with van der Waals surface area (Å²) in [6.07, 6.45) is 2.12. The summed E-state index contributed by atoms with van der Waals surface area (Å²) >= 11 is 1.74. The van der Waals surface area contributed by atoms with Crippen LogP contribution < -0.4 is 21.7 Å². The van der Waals surface area contributed by atoms with Gasteiger partial charge in [0.15, 0.2) is 0 Å². The maximum absolute atomic E-state index is 11.9. The Hall–Kier alpha value is -0.990. The number of thioether (sulfide) groups is 1. The Morgan fingerprint density at radius 2 is 2.19 bits per heavy atom. The molecular formula is C13H24N4O3S. The van der Waals surface area contributed by atoms with E-state index in [1.807, 2.05) is 0 Å². The highest BCUT2D eigenvalue weighted by Gasteiger charge is 2.43. The number of hydrogen-bond donors (Lipinski definition) is 4. The van der Waals surface area contributed by atoms with Crippen LogP contribution >= 0.6 is 11.8 Å². The van der Waals surface area contributed by atoms with Crippen molar-refractivity contribution >= 4 is 23.7 Å². The summed E-state index contributed by atoms with van der Waals surface area (Å²) in [5.74, 6) is 0.910. The summed E-state index contributed by atoms with van der Waals surface area (Å²) in [5, 5.41) is 8.82. The molecule has 3 amide bonds. The van der Waals surface area contributed by atoms with Crippen molar-refractivity contribution in [2.24, 2.45) is 5.73 Å². The van der Waals surface area contributed by atoms with Crippen molar-refractivity contribution in [2.75, 3.05) is 32.1 Å². The molecular weight excluding hydrogens is 292 g/mol. The van der Waals surface area contributed by atoms with Crippen LogP contribution in [0.3, 0.4) is 0 Å². The minimum Gasteiger partial charge on any atom is -0.381 e. The zero-order chi connectivity index (χ0) is 15.1. The van der Waals surface area contributed by atoms with E-state index in [-0.39, 0.29) is 29.3 Å². The second-order valence-corrected chi connectivity index (χ2v) is 6.56. The lowest BCUT2D eigenvalue weighted by Crippen LogP contribution is -2.39. The smallest absolute Gasteiger partial charge is 0.315 e. The molecule has 120 valence electrons. The fourth-order valence-electron chi connectivity index (χ4n) is 2.51. The topological polar surface area (TPSA) is 105 Å². The number of nitrogens with two attached hydrogens (primary N) is 1. The number of ether oxygens (including phenoxy) is 1. The Bertz CT molecular complexity index is 369. The van der Waals surface area contributed by atoms with E-state index < -0.39 is 0 Å². The molecule has 2 aliphatic heterocycles. The highest BCUT2D eigenvalue weighted by molar-refractivity contribution is 8.00. The SMILES string of the molecule is NCCCOCCCNC(=O)C[C@@H]1SC[C@@H]2NC(=O)N[C@@H]21. The molecule has 0 saturated carbocycles. The third kappa shape index (κ3) is 5.05. The molecule has 5 N–H and O–H groups in total. The lowest BCUT2D eigenvalue weighted by Gasteiger charge is -2.16. The lowest BCUT2D eigenvalue weighted by atomic mass is 10.1. The molecule has 0 aromatic rings. The van der Waals surface area contributed by atoms with Crippen LogP contribution in [-0.2, 0) is 9.53 Å². The first-order valence-electron chi connectivity index (χ1n) is 7.44. The van der Waals surface area contributed by atoms with Gasteiger partial charge in [-0.15, -0.1) is 0 Å². The van der Waals surface area contributed by atoms with Crippen molar-refractivity contribution in [1.82, 2.24) is 16.0 Å². The Labute approximate surface area is 129 Å². The van der Waals surface area contributed by atoms with Gasteiger partial charge in [-0.3, -0.25) is 4.79 Å². The van der Waals surface area contributed by atoms with Crippen molar-refractivity contribution in [3.05, 3.63) is 0 Å². The average Bonchev–Trinajstić information content (AvgIpc) is 2.98. The largest absolute Gasteiger partial charge is 0.381 e. The summed E-state index contributed by atoms with van der Waals surface area (Å²) in [4.78, 5) is 23.1. The average molecular weight is 316 g/mol. The molecule has 0 unspecified atom stereocenters. The normalized spacial score (nSPS) is 27.1. The molecule has 0 bridgehead atoms. The van der Waals surface area contributed by atoms with Gasteiger partial charge in [0.1, 0.15) is 0 Å². The van der Waals surface area contributed by atoms with Crippen molar-refractivity contribution in [1.29, 1.82) is 0 Å². The maximum atomic E-state index is 11.9. The number of amides is 3. The number of hydrogen-bond acceptors (Lipinski definition) is 5. The molecule has 2 fully saturated rings. The number of carbonyl (C=O) groups is 2. The van der Waals surface area contributed by atoms with Crippen molar-refractivity contribution in [3.8, 4) is 0 Å². The van der Waals surface area contributed by atoms with Gasteiger partial charge in [-0.25, -0.2) is 4.79 Å². The Morgan fingerprint density at radius 3 is 3.00 bits per heavy atom. The molecule has 0 aliphatic carbocycles. The van der Waals surface area contributed by atoms with E-state index in [9.17, 15) is 9.59 Å². The van der Waals surface area contributed by atoms with E-state index in [1.165, 1.54) is 0 Å². The first-order valence-corrected chi connectivity index (χ1v) is 8.48. The minimum absolute atomic E-state index is 0.0382. The number of carbonyl (C=O) groups excluding carboxylic acids is 2. The Morgan fingerprint density at radius 1 is 1.38 bits per heavy atom. The number of fused-ring (bicyclic) bond motifs is 1. The predicted octanol–water partition coefficient (Wildman–Crippen LogP) is -0.586. The molecule has 8 heteroatoms. The number of rotatable bonds is 9. The van der Waals surface area contributed by atoms with Gasteiger partial charge in [-0.05, 0) is 19.4 Å². The van der Waals surface area contributed by atoms with Crippen LogP contribution in [0.4, 0.5) is 4.79 Å². The monoisotopic (exact) mass is 316 g/mol. The number of nitrogens with one attached hydrogen (secondary N) is 3. The third-order valence-corrected chi connectivity index (χ3v) is 5.04. The van der Waals surface area contributed by atoms with E-state index in [0.717, 1.165) is 18.6 Å². The second kappa shape index (κ2) is 8.45. The second-order valence-electron chi connectivity index (χ2n) is 5.28. The first kappa shape index (κ1) is 16.4.